The minimum absolute atomic E-state index is 0.234. The van der Waals surface area contributed by atoms with Crippen molar-refractivity contribution in [3.63, 3.8) is 0 Å². The molecule has 102 valence electrons. The molecule has 3 aromatic rings. The number of carboxylic acids is 1. The zero-order chi connectivity index (χ0) is 14.4. The maximum atomic E-state index is 11.2. The van der Waals surface area contributed by atoms with Crippen LogP contribution < -0.4 is 0 Å². The number of hydrogen-bond donors (Lipinski definition) is 1. The van der Waals surface area contributed by atoms with E-state index in [9.17, 15) is 4.79 Å². The van der Waals surface area contributed by atoms with Crippen LogP contribution in [0.3, 0.4) is 0 Å². The lowest BCUT2D eigenvalue weighted by atomic mass is 10.2. The van der Waals surface area contributed by atoms with E-state index in [0.29, 0.717) is 5.69 Å². The molecule has 2 aromatic heterocycles. The third-order valence-corrected chi connectivity index (χ3v) is 3.82. The van der Waals surface area contributed by atoms with Crippen LogP contribution in [0.15, 0.2) is 30.5 Å². The van der Waals surface area contributed by atoms with Crippen LogP contribution in [-0.2, 0) is 7.05 Å². The van der Waals surface area contributed by atoms with Crippen molar-refractivity contribution in [3.05, 3.63) is 47.4 Å². The third kappa shape index (κ3) is 1.56. The minimum Gasteiger partial charge on any atom is -0.478 e. The number of aromatic carboxylic acids is 1. The van der Waals surface area contributed by atoms with Crippen LogP contribution >= 0.6 is 0 Å². The van der Waals surface area contributed by atoms with Gasteiger partial charge in [-0.15, -0.1) is 0 Å². The molecular formula is C15H15N3O2. The maximum absolute atomic E-state index is 11.2. The fourth-order valence-corrected chi connectivity index (χ4v) is 2.61. The van der Waals surface area contributed by atoms with E-state index in [1.54, 1.807) is 11.6 Å². The number of carbonyl (C=O) groups is 1. The van der Waals surface area contributed by atoms with Crippen molar-refractivity contribution in [1.29, 1.82) is 0 Å². The van der Waals surface area contributed by atoms with Crippen LogP contribution in [0.5, 0.6) is 0 Å². The van der Waals surface area contributed by atoms with Gasteiger partial charge in [0.1, 0.15) is 5.56 Å². The highest BCUT2D eigenvalue weighted by atomic mass is 16.4. The number of nitrogens with zero attached hydrogens (tertiary/aromatic N) is 3. The highest BCUT2D eigenvalue weighted by molar-refractivity contribution is 5.92. The van der Waals surface area contributed by atoms with Gasteiger partial charge < -0.3 is 9.67 Å². The Morgan fingerprint density at radius 2 is 1.90 bits per heavy atom. The van der Waals surface area contributed by atoms with Crippen molar-refractivity contribution in [2.45, 2.75) is 13.8 Å². The van der Waals surface area contributed by atoms with Gasteiger partial charge in [0.15, 0.2) is 0 Å². The van der Waals surface area contributed by atoms with Crippen molar-refractivity contribution < 1.29 is 9.90 Å². The molecule has 1 N–H and O–H groups in total. The number of carboxylic acid groups (broad SMARTS) is 1. The van der Waals surface area contributed by atoms with Gasteiger partial charge in [0, 0.05) is 18.1 Å². The van der Waals surface area contributed by atoms with E-state index in [0.717, 1.165) is 22.3 Å². The Hall–Kier alpha value is -2.56. The van der Waals surface area contributed by atoms with Crippen LogP contribution in [-0.4, -0.2) is 25.4 Å². The topological polar surface area (TPSA) is 60.0 Å². The predicted octanol–water partition coefficient (Wildman–Crippen LogP) is 2.68. The highest BCUT2D eigenvalue weighted by Gasteiger charge is 2.19. The second-order valence-electron chi connectivity index (χ2n) is 4.87. The van der Waals surface area contributed by atoms with Crippen molar-refractivity contribution in [2.24, 2.45) is 7.05 Å². The molecule has 0 spiro atoms. The van der Waals surface area contributed by atoms with Crippen LogP contribution in [0.2, 0.25) is 0 Å². The zero-order valence-corrected chi connectivity index (χ0v) is 11.6. The molecule has 0 unspecified atom stereocenters. The van der Waals surface area contributed by atoms with Crippen molar-refractivity contribution in [2.75, 3.05) is 0 Å². The van der Waals surface area contributed by atoms with E-state index in [-0.39, 0.29) is 5.56 Å². The monoisotopic (exact) mass is 269 g/mol. The summed E-state index contributed by atoms with van der Waals surface area (Å²) in [6.07, 6.45) is 1.40. The summed E-state index contributed by atoms with van der Waals surface area (Å²) in [6.45, 7) is 3.79. The molecule has 0 radical (unpaired) electrons. The van der Waals surface area contributed by atoms with E-state index in [2.05, 4.69) is 9.67 Å². The molecule has 0 aliphatic carbocycles. The standard InChI is InChI=1S/C15H15N3O2/c1-9-12(15(19)20)8-16-18(9)14-10(2)17(3)13-7-5-4-6-11(13)14/h4-8H,1-3H3,(H,19,20). The summed E-state index contributed by atoms with van der Waals surface area (Å²) in [5.74, 6) is -0.952. The van der Waals surface area contributed by atoms with E-state index >= 15 is 0 Å². The lowest BCUT2D eigenvalue weighted by Crippen LogP contribution is -2.04. The molecule has 0 atom stereocenters. The van der Waals surface area contributed by atoms with Crippen LogP contribution in [0.4, 0.5) is 0 Å². The fraction of sp³-hybridized carbons (Fsp3) is 0.200. The summed E-state index contributed by atoms with van der Waals surface area (Å²) in [5.41, 5.74) is 3.96. The second kappa shape index (κ2) is 4.23. The van der Waals surface area contributed by atoms with Gasteiger partial charge in [-0.3, -0.25) is 0 Å². The molecular weight excluding hydrogens is 254 g/mol. The van der Waals surface area contributed by atoms with Crippen molar-refractivity contribution in [3.8, 4) is 5.69 Å². The molecule has 0 saturated heterocycles. The van der Waals surface area contributed by atoms with Gasteiger partial charge in [-0.25, -0.2) is 9.48 Å². The lowest BCUT2D eigenvalue weighted by Gasteiger charge is -2.05. The molecule has 1 aromatic carbocycles. The molecule has 3 rings (SSSR count). The van der Waals surface area contributed by atoms with E-state index < -0.39 is 5.97 Å². The molecule has 0 bridgehead atoms. The first kappa shape index (κ1) is 12.5. The Morgan fingerprint density at radius 1 is 1.20 bits per heavy atom. The average molecular weight is 269 g/mol. The number of fused-ring (bicyclic) bond motifs is 1. The molecule has 5 heteroatoms. The highest BCUT2D eigenvalue weighted by Crippen LogP contribution is 2.29. The molecule has 2 heterocycles. The summed E-state index contributed by atoms with van der Waals surface area (Å²) in [7, 11) is 2.00. The summed E-state index contributed by atoms with van der Waals surface area (Å²) in [4.78, 5) is 11.2. The summed E-state index contributed by atoms with van der Waals surface area (Å²) in [6, 6.07) is 8.04. The summed E-state index contributed by atoms with van der Waals surface area (Å²) < 4.78 is 3.80. The largest absolute Gasteiger partial charge is 0.478 e. The van der Waals surface area contributed by atoms with Gasteiger partial charge in [-0.1, -0.05) is 18.2 Å². The van der Waals surface area contributed by atoms with Gasteiger partial charge in [-0.2, -0.15) is 5.10 Å². The first-order valence-corrected chi connectivity index (χ1v) is 6.34. The first-order chi connectivity index (χ1) is 9.52. The molecule has 0 amide bonds. The lowest BCUT2D eigenvalue weighted by molar-refractivity contribution is 0.0696. The molecule has 0 fully saturated rings. The normalized spacial score (nSPS) is 11.2. The maximum Gasteiger partial charge on any atom is 0.339 e. The number of rotatable bonds is 2. The number of hydrogen-bond acceptors (Lipinski definition) is 2. The quantitative estimate of drug-likeness (QED) is 0.778. The first-order valence-electron chi connectivity index (χ1n) is 6.34. The minimum atomic E-state index is -0.952. The van der Waals surface area contributed by atoms with Gasteiger partial charge >= 0.3 is 5.97 Å². The Kier molecular flexibility index (Phi) is 2.64. The zero-order valence-electron chi connectivity index (χ0n) is 11.6. The van der Waals surface area contributed by atoms with Gasteiger partial charge in [0.25, 0.3) is 0 Å². The molecule has 0 aliphatic heterocycles. The average Bonchev–Trinajstić information content (AvgIpc) is 2.91. The Morgan fingerprint density at radius 3 is 2.55 bits per heavy atom. The van der Waals surface area contributed by atoms with Crippen molar-refractivity contribution in [1.82, 2.24) is 14.3 Å². The third-order valence-electron chi connectivity index (χ3n) is 3.82. The molecule has 20 heavy (non-hydrogen) atoms. The van der Waals surface area contributed by atoms with Gasteiger partial charge in [0.05, 0.1) is 23.1 Å². The second-order valence-corrected chi connectivity index (χ2v) is 4.87. The van der Waals surface area contributed by atoms with E-state index in [1.165, 1.54) is 6.20 Å². The molecule has 0 aliphatic rings. The smallest absolute Gasteiger partial charge is 0.339 e. The predicted molar refractivity (Wildman–Crippen MR) is 76.5 cm³/mol. The van der Waals surface area contributed by atoms with Gasteiger partial charge in [0.2, 0.25) is 0 Å². The Balaban J connectivity index is 2.36. The fourth-order valence-electron chi connectivity index (χ4n) is 2.61. The number of aromatic nitrogens is 3. The van der Waals surface area contributed by atoms with Crippen LogP contribution in [0, 0.1) is 13.8 Å². The summed E-state index contributed by atoms with van der Waals surface area (Å²) >= 11 is 0. The number of benzene rings is 1. The Bertz CT molecular complexity index is 827. The van der Waals surface area contributed by atoms with Gasteiger partial charge in [-0.05, 0) is 19.9 Å². The number of aryl methyl sites for hydroxylation is 1. The van der Waals surface area contributed by atoms with Crippen LogP contribution in [0.1, 0.15) is 21.7 Å². The van der Waals surface area contributed by atoms with E-state index in [1.807, 2.05) is 38.2 Å². The van der Waals surface area contributed by atoms with E-state index in [4.69, 9.17) is 5.11 Å². The van der Waals surface area contributed by atoms with Crippen LogP contribution in [0.25, 0.3) is 16.6 Å². The Labute approximate surface area is 116 Å². The molecule has 5 nitrogen and oxygen atoms in total. The van der Waals surface area contributed by atoms with Crippen molar-refractivity contribution >= 4 is 16.9 Å². The molecule has 0 saturated carbocycles. The number of para-hydroxylation sites is 1. The summed E-state index contributed by atoms with van der Waals surface area (Å²) in [5, 5.41) is 14.5. The SMILES string of the molecule is Cc1c(C(=O)O)cnn1-c1c(C)n(C)c2ccccc12.